The summed E-state index contributed by atoms with van der Waals surface area (Å²) in [4.78, 5) is 0. The predicted molar refractivity (Wildman–Crippen MR) is 61.2 cm³/mol. The van der Waals surface area contributed by atoms with Gasteiger partial charge in [-0.1, -0.05) is 17.7 Å². The van der Waals surface area contributed by atoms with Crippen LogP contribution in [0.5, 0.6) is 0 Å². The molecule has 2 aromatic carbocycles. The van der Waals surface area contributed by atoms with Crippen molar-refractivity contribution in [3.05, 3.63) is 53.1 Å². The van der Waals surface area contributed by atoms with Crippen molar-refractivity contribution in [2.75, 3.05) is 5.73 Å². The number of nitrogen functional groups attached to an aromatic ring is 1. The van der Waals surface area contributed by atoms with Gasteiger partial charge in [0.15, 0.2) is 0 Å². The second-order valence-corrected chi connectivity index (χ2v) is 3.77. The van der Waals surface area contributed by atoms with Gasteiger partial charge in [0, 0.05) is 22.9 Å². The maximum atomic E-state index is 13.5. The minimum atomic E-state index is -0.647. The van der Waals surface area contributed by atoms with E-state index in [1.807, 2.05) is 0 Å². The van der Waals surface area contributed by atoms with Crippen LogP contribution in [0.15, 0.2) is 36.4 Å². The molecule has 0 atom stereocenters. The molecule has 2 N–H and O–H groups in total. The van der Waals surface area contributed by atoms with Gasteiger partial charge < -0.3 is 5.73 Å². The maximum Gasteiger partial charge on any atom is 0.133 e. The SMILES string of the molecule is Nc1ccc(-c2ccc(F)cc2F)c(Cl)c1. The van der Waals surface area contributed by atoms with Crippen molar-refractivity contribution >= 4 is 17.3 Å². The van der Waals surface area contributed by atoms with Gasteiger partial charge in [0.05, 0.1) is 5.02 Å². The summed E-state index contributed by atoms with van der Waals surface area (Å²) in [5, 5.41) is 0.338. The van der Waals surface area contributed by atoms with E-state index in [-0.39, 0.29) is 5.56 Å². The molecule has 4 heteroatoms. The summed E-state index contributed by atoms with van der Waals surface area (Å²) >= 11 is 5.94. The van der Waals surface area contributed by atoms with Crippen LogP contribution in [0.3, 0.4) is 0 Å². The quantitative estimate of drug-likeness (QED) is 0.751. The number of benzene rings is 2. The van der Waals surface area contributed by atoms with Crippen molar-refractivity contribution in [2.45, 2.75) is 0 Å². The van der Waals surface area contributed by atoms with E-state index in [1.165, 1.54) is 18.2 Å². The first-order valence-corrected chi connectivity index (χ1v) is 4.96. The molecule has 0 unspecified atom stereocenters. The van der Waals surface area contributed by atoms with E-state index < -0.39 is 11.6 Å². The van der Waals surface area contributed by atoms with E-state index in [0.717, 1.165) is 6.07 Å². The topological polar surface area (TPSA) is 26.0 Å². The normalized spacial score (nSPS) is 10.4. The summed E-state index contributed by atoms with van der Waals surface area (Å²) in [6, 6.07) is 8.10. The second-order valence-electron chi connectivity index (χ2n) is 3.36. The first kappa shape index (κ1) is 10.9. The minimum absolute atomic E-state index is 0.256. The Morgan fingerprint density at radius 1 is 0.938 bits per heavy atom. The van der Waals surface area contributed by atoms with Crippen molar-refractivity contribution in [2.24, 2.45) is 0 Å². The Morgan fingerprint density at radius 2 is 1.62 bits per heavy atom. The molecular weight excluding hydrogens is 232 g/mol. The monoisotopic (exact) mass is 239 g/mol. The number of hydrogen-bond donors (Lipinski definition) is 1. The van der Waals surface area contributed by atoms with Crippen LogP contribution in [0.2, 0.25) is 5.02 Å². The number of hydrogen-bond acceptors (Lipinski definition) is 1. The molecule has 0 aromatic heterocycles. The van der Waals surface area contributed by atoms with Crippen LogP contribution in [0.25, 0.3) is 11.1 Å². The molecule has 0 aliphatic heterocycles. The fraction of sp³-hybridized carbons (Fsp3) is 0. The number of rotatable bonds is 1. The van der Waals surface area contributed by atoms with Crippen LogP contribution >= 0.6 is 11.6 Å². The van der Waals surface area contributed by atoms with Crippen LogP contribution in [0.1, 0.15) is 0 Å². The molecule has 0 saturated carbocycles. The summed E-state index contributed by atoms with van der Waals surface area (Å²) in [6.45, 7) is 0. The molecule has 2 aromatic rings. The van der Waals surface area contributed by atoms with E-state index in [9.17, 15) is 8.78 Å². The van der Waals surface area contributed by atoms with Crippen LogP contribution < -0.4 is 5.73 Å². The zero-order valence-corrected chi connectivity index (χ0v) is 8.93. The Bertz CT molecular complexity index is 491. The third-order valence-electron chi connectivity index (χ3n) is 2.21. The van der Waals surface area contributed by atoms with E-state index in [4.69, 9.17) is 17.3 Å². The molecule has 0 aliphatic carbocycles. The molecule has 82 valence electrons. The fourth-order valence-electron chi connectivity index (χ4n) is 1.46. The highest BCUT2D eigenvalue weighted by atomic mass is 35.5. The van der Waals surface area contributed by atoms with E-state index in [1.54, 1.807) is 12.1 Å². The molecule has 2 rings (SSSR count). The Balaban J connectivity index is 2.59. The van der Waals surface area contributed by atoms with Gasteiger partial charge in [-0.25, -0.2) is 8.78 Å². The van der Waals surface area contributed by atoms with Gasteiger partial charge in [-0.3, -0.25) is 0 Å². The smallest absolute Gasteiger partial charge is 0.133 e. The fourth-order valence-corrected chi connectivity index (χ4v) is 1.75. The molecule has 0 amide bonds. The lowest BCUT2D eigenvalue weighted by atomic mass is 10.0. The van der Waals surface area contributed by atoms with Gasteiger partial charge in [0.25, 0.3) is 0 Å². The van der Waals surface area contributed by atoms with Crippen LogP contribution in [0.4, 0.5) is 14.5 Å². The third kappa shape index (κ3) is 1.99. The van der Waals surface area contributed by atoms with E-state index >= 15 is 0 Å². The largest absolute Gasteiger partial charge is 0.399 e. The number of anilines is 1. The Kier molecular flexibility index (Phi) is 2.79. The molecule has 16 heavy (non-hydrogen) atoms. The van der Waals surface area contributed by atoms with Crippen molar-refractivity contribution in [1.82, 2.24) is 0 Å². The maximum absolute atomic E-state index is 13.5. The summed E-state index contributed by atoms with van der Waals surface area (Å²) in [5.74, 6) is -1.26. The highest BCUT2D eigenvalue weighted by molar-refractivity contribution is 6.33. The molecular formula is C12H8ClF2N. The summed E-state index contributed by atoms with van der Waals surface area (Å²) in [7, 11) is 0. The molecule has 0 spiro atoms. The van der Waals surface area contributed by atoms with Crippen molar-refractivity contribution in [3.63, 3.8) is 0 Å². The first-order chi connectivity index (χ1) is 7.58. The summed E-state index contributed by atoms with van der Waals surface area (Å²) in [5.41, 5.74) is 6.78. The van der Waals surface area contributed by atoms with Gasteiger partial charge in [-0.15, -0.1) is 0 Å². The van der Waals surface area contributed by atoms with Gasteiger partial charge in [0.2, 0.25) is 0 Å². The van der Waals surface area contributed by atoms with Gasteiger partial charge >= 0.3 is 0 Å². The zero-order chi connectivity index (χ0) is 11.7. The van der Waals surface area contributed by atoms with Gasteiger partial charge in [-0.05, 0) is 24.3 Å². The third-order valence-corrected chi connectivity index (χ3v) is 2.53. The Hall–Kier alpha value is -1.61. The van der Waals surface area contributed by atoms with E-state index in [0.29, 0.717) is 16.3 Å². The molecule has 0 heterocycles. The van der Waals surface area contributed by atoms with Crippen molar-refractivity contribution in [3.8, 4) is 11.1 Å². The van der Waals surface area contributed by atoms with Crippen LogP contribution in [0, 0.1) is 11.6 Å². The second kappa shape index (κ2) is 4.10. The standard InChI is InChI=1S/C12H8ClF2N/c13-11-6-8(16)2-4-9(11)10-3-1-7(14)5-12(10)15/h1-6H,16H2. The lowest BCUT2D eigenvalue weighted by Crippen LogP contribution is -1.89. The average Bonchev–Trinajstić information content (AvgIpc) is 2.19. The first-order valence-electron chi connectivity index (χ1n) is 4.58. The molecule has 0 radical (unpaired) electrons. The lowest BCUT2D eigenvalue weighted by molar-refractivity contribution is 0.585. The zero-order valence-electron chi connectivity index (χ0n) is 8.18. The number of nitrogens with two attached hydrogens (primary N) is 1. The molecule has 0 saturated heterocycles. The molecule has 0 aliphatic rings. The van der Waals surface area contributed by atoms with Crippen molar-refractivity contribution < 1.29 is 8.78 Å². The van der Waals surface area contributed by atoms with E-state index in [2.05, 4.69) is 0 Å². The molecule has 1 nitrogen and oxygen atoms in total. The van der Waals surface area contributed by atoms with Gasteiger partial charge in [0.1, 0.15) is 11.6 Å². The lowest BCUT2D eigenvalue weighted by Gasteiger charge is -2.06. The van der Waals surface area contributed by atoms with Crippen molar-refractivity contribution in [1.29, 1.82) is 0 Å². The van der Waals surface area contributed by atoms with Crippen LogP contribution in [-0.4, -0.2) is 0 Å². The summed E-state index contributed by atoms with van der Waals surface area (Å²) in [6.07, 6.45) is 0. The highest BCUT2D eigenvalue weighted by Crippen LogP contribution is 2.31. The average molecular weight is 240 g/mol. The van der Waals surface area contributed by atoms with Crippen LogP contribution in [-0.2, 0) is 0 Å². The molecule has 0 fully saturated rings. The summed E-state index contributed by atoms with van der Waals surface area (Å²) < 4.78 is 26.2. The van der Waals surface area contributed by atoms with Gasteiger partial charge in [-0.2, -0.15) is 0 Å². The Labute approximate surface area is 96.5 Å². The highest BCUT2D eigenvalue weighted by Gasteiger charge is 2.09. The predicted octanol–water partition coefficient (Wildman–Crippen LogP) is 3.87. The number of halogens is 3. The molecule has 0 bridgehead atoms. The minimum Gasteiger partial charge on any atom is -0.399 e. The Morgan fingerprint density at radius 3 is 2.25 bits per heavy atom.